The van der Waals surface area contributed by atoms with Gasteiger partial charge in [0.15, 0.2) is 0 Å². The minimum Gasteiger partial charge on any atom is -0.310 e. The van der Waals surface area contributed by atoms with Gasteiger partial charge < -0.3 is 19.6 Å². The lowest BCUT2D eigenvalue weighted by atomic mass is 9.39. The summed E-state index contributed by atoms with van der Waals surface area (Å²) in [5, 5.41) is 81.4. The monoisotopic (exact) mass is 1310 g/mol. The summed E-state index contributed by atoms with van der Waals surface area (Å²) in [6, 6.07) is 106. The normalized spacial score (nSPS) is 12.5. The maximum Gasteiger partial charge on any atom is 0.0991 e. The molecule has 0 atom stereocenters. The van der Waals surface area contributed by atoms with Crippen molar-refractivity contribution < 1.29 is 0 Å². The predicted octanol–water partition coefficient (Wildman–Crippen LogP) is 21.9. The van der Waals surface area contributed by atoms with Crippen LogP contribution in [0.4, 0.5) is 68.2 Å². The Labute approximate surface area is 594 Å². The van der Waals surface area contributed by atoms with Crippen LogP contribution in [0.5, 0.6) is 0 Å². The third kappa shape index (κ3) is 10.6. The minimum absolute atomic E-state index is 0.500. The van der Waals surface area contributed by atoms with E-state index in [4.69, 9.17) is 0 Å². The smallest absolute Gasteiger partial charge is 0.0991 e. The SMILES string of the molecule is CC(C)(C)C1(C2(C(C)(C)C)c3cc(N(c4ccc(C#N)cc4)c4ccc(C#N)cc4)ccc3-c3ccc(N(c4ccc(C#N)cc4)c4ccc(C#N)cc4)cc32)c2cc(N(c3ccc(C#N)cc3)c3ccc(C#N)cc3)ccc2-c2ccc(N(c3ccc(C#N)cc3)c3ccc(C#N)cc3)cc21. The van der Waals surface area contributed by atoms with Gasteiger partial charge in [-0.05, 0) is 298 Å². The fraction of sp³-hybridized carbons (Fsp3) is 0.111. The number of nitrogens with zero attached hydrogens (tertiary/aromatic N) is 12. The van der Waals surface area contributed by atoms with Crippen molar-refractivity contribution in [1.29, 1.82) is 42.1 Å². The van der Waals surface area contributed by atoms with Crippen molar-refractivity contribution >= 4 is 68.2 Å². The first-order chi connectivity index (χ1) is 49.4. The highest BCUT2D eigenvalue weighted by molar-refractivity contribution is 5.96. The lowest BCUT2D eigenvalue weighted by molar-refractivity contribution is 0.0594. The number of rotatable bonds is 13. The third-order valence-electron chi connectivity index (χ3n) is 20.1. The number of hydrogen-bond donors (Lipinski definition) is 0. The molecule has 482 valence electrons. The molecule has 12 aromatic rings. The first-order valence-corrected chi connectivity index (χ1v) is 33.2. The molecule has 2 aliphatic carbocycles. The van der Waals surface area contributed by atoms with E-state index in [-0.39, 0.29) is 0 Å². The molecule has 0 radical (unpaired) electrons. The zero-order valence-electron chi connectivity index (χ0n) is 56.8. The second kappa shape index (κ2) is 25.6. The molecule has 0 fully saturated rings. The first-order valence-electron chi connectivity index (χ1n) is 33.2. The Hall–Kier alpha value is -14.2. The van der Waals surface area contributed by atoms with Crippen molar-refractivity contribution in [1.82, 2.24) is 0 Å². The molecule has 12 heteroatoms. The van der Waals surface area contributed by atoms with Crippen LogP contribution < -0.4 is 19.6 Å². The molecule has 12 nitrogen and oxygen atoms in total. The average molecular weight is 1310 g/mol. The average Bonchev–Trinajstić information content (AvgIpc) is 1.42. The van der Waals surface area contributed by atoms with Crippen LogP contribution in [0, 0.1) is 101 Å². The number of anilines is 12. The molecule has 0 unspecified atom stereocenters. The van der Waals surface area contributed by atoms with Crippen molar-refractivity contribution in [2.75, 3.05) is 19.6 Å². The van der Waals surface area contributed by atoms with Crippen LogP contribution in [0.25, 0.3) is 22.3 Å². The van der Waals surface area contributed by atoms with Crippen molar-refractivity contribution in [3.63, 3.8) is 0 Å². The van der Waals surface area contributed by atoms with Crippen LogP contribution in [0.1, 0.15) is 108 Å². The molecule has 0 aromatic heterocycles. The van der Waals surface area contributed by atoms with Gasteiger partial charge in [-0.15, -0.1) is 0 Å². The topological polar surface area (TPSA) is 203 Å². The van der Waals surface area contributed by atoms with Gasteiger partial charge in [0.2, 0.25) is 0 Å². The summed E-state index contributed by atoms with van der Waals surface area (Å²) in [7, 11) is 0. The third-order valence-corrected chi connectivity index (χ3v) is 20.1. The van der Waals surface area contributed by atoms with Crippen molar-refractivity contribution in [3.8, 4) is 70.8 Å². The Kier molecular flexibility index (Phi) is 16.4. The number of nitriles is 8. The Morgan fingerprint density at radius 3 is 0.441 bits per heavy atom. The Balaban J connectivity index is 1.16. The van der Waals surface area contributed by atoms with E-state index in [9.17, 15) is 42.1 Å². The summed E-state index contributed by atoms with van der Waals surface area (Å²) in [6.07, 6.45) is 0. The largest absolute Gasteiger partial charge is 0.310 e. The van der Waals surface area contributed by atoms with Gasteiger partial charge in [-0.25, -0.2) is 0 Å². The van der Waals surface area contributed by atoms with Crippen LogP contribution in [0.3, 0.4) is 0 Å². The van der Waals surface area contributed by atoms with Gasteiger partial charge in [0, 0.05) is 79.1 Å². The van der Waals surface area contributed by atoms with Gasteiger partial charge in [0.1, 0.15) is 0 Å². The highest BCUT2D eigenvalue weighted by Gasteiger charge is 2.71. The quantitative estimate of drug-likeness (QED) is 0.106. The van der Waals surface area contributed by atoms with Gasteiger partial charge in [-0.3, -0.25) is 0 Å². The molecular formula is C90H62N12. The van der Waals surface area contributed by atoms with Crippen LogP contribution in [0.15, 0.2) is 267 Å². The molecule has 0 saturated heterocycles. The number of benzene rings is 12. The van der Waals surface area contributed by atoms with Gasteiger partial charge >= 0.3 is 0 Å². The Bertz CT molecular complexity index is 4750. The summed E-state index contributed by atoms with van der Waals surface area (Å²) >= 11 is 0. The van der Waals surface area contributed by atoms with Gasteiger partial charge in [0.05, 0.1) is 93.1 Å². The van der Waals surface area contributed by atoms with Crippen LogP contribution in [-0.4, -0.2) is 0 Å². The molecule has 0 N–H and O–H groups in total. The van der Waals surface area contributed by atoms with Gasteiger partial charge in [-0.2, -0.15) is 42.1 Å². The molecule has 0 amide bonds. The highest BCUT2D eigenvalue weighted by atomic mass is 15.2. The standard InChI is InChI=1S/C90H62N12/c1-87(2,3)89(83-47-75(99(67-23-7-59(51-91)8-24-67)68-25-9-60(52-92)10-26-68)39-43-79(83)80-44-40-76(48-84(80)89)100(69-27-11-61(53-93)12-28-69)70-29-13-62(54-94)14-30-70)90(88(4,5)6)85-49-77(101(71-31-15-63(55-95)16-32-71)72-33-17-64(56-96)18-34-72)41-45-81(85)82-46-42-78(50-86(82)90)102(73-35-19-65(57-97)20-36-73)74-37-21-66(58-98)22-38-74/h7-50H,1-6H3. The number of fused-ring (bicyclic) bond motifs is 6. The summed E-state index contributed by atoms with van der Waals surface area (Å²) < 4.78 is 0. The van der Waals surface area contributed by atoms with Crippen LogP contribution in [-0.2, 0) is 10.8 Å². The second-order valence-corrected chi connectivity index (χ2v) is 27.5. The first kappa shape index (κ1) is 65.1. The van der Waals surface area contributed by atoms with E-state index >= 15 is 0 Å². The fourth-order valence-corrected chi connectivity index (χ4v) is 16.0. The van der Waals surface area contributed by atoms with E-state index in [1.54, 1.807) is 0 Å². The number of hydrogen-bond acceptors (Lipinski definition) is 12. The molecule has 0 bridgehead atoms. The molecule has 0 aliphatic heterocycles. The summed E-state index contributed by atoms with van der Waals surface area (Å²) in [4.78, 5) is 8.72. The molecule has 0 heterocycles. The van der Waals surface area contributed by atoms with E-state index in [2.05, 4.69) is 182 Å². The highest BCUT2D eigenvalue weighted by Crippen LogP contribution is 2.76. The maximum atomic E-state index is 10.2. The predicted molar refractivity (Wildman–Crippen MR) is 401 cm³/mol. The van der Waals surface area contributed by atoms with Gasteiger partial charge in [0.25, 0.3) is 0 Å². The minimum atomic E-state index is -1.17. The lowest BCUT2D eigenvalue weighted by Gasteiger charge is -2.62. The zero-order valence-corrected chi connectivity index (χ0v) is 56.8. The maximum absolute atomic E-state index is 10.2. The molecule has 14 rings (SSSR count). The summed E-state index contributed by atoms with van der Waals surface area (Å²) in [6.45, 7) is 14.1. The van der Waals surface area contributed by atoms with Gasteiger partial charge in [-0.1, -0.05) is 65.8 Å². The molecule has 102 heavy (non-hydrogen) atoms. The summed E-state index contributed by atoms with van der Waals surface area (Å²) in [5.74, 6) is 0. The molecular weight excluding hydrogens is 1250 g/mol. The van der Waals surface area contributed by atoms with Crippen molar-refractivity contribution in [3.05, 3.63) is 334 Å². The molecule has 0 saturated carbocycles. The van der Waals surface area contributed by atoms with Crippen LogP contribution >= 0.6 is 0 Å². The van der Waals surface area contributed by atoms with E-state index in [0.717, 1.165) is 113 Å². The lowest BCUT2D eigenvalue weighted by Crippen LogP contribution is -2.62. The molecule has 0 spiro atoms. The second-order valence-electron chi connectivity index (χ2n) is 27.5. The molecule has 12 aromatic carbocycles. The van der Waals surface area contributed by atoms with Crippen molar-refractivity contribution in [2.24, 2.45) is 10.8 Å². The van der Waals surface area contributed by atoms with Crippen LogP contribution in [0.2, 0.25) is 0 Å². The Morgan fingerprint density at radius 2 is 0.324 bits per heavy atom. The van der Waals surface area contributed by atoms with E-state index in [1.807, 2.05) is 194 Å². The fourth-order valence-electron chi connectivity index (χ4n) is 16.0. The van der Waals surface area contributed by atoms with E-state index in [0.29, 0.717) is 44.5 Å². The summed E-state index contributed by atoms with van der Waals surface area (Å²) in [5.41, 5.74) is 17.6. The van der Waals surface area contributed by atoms with Crippen molar-refractivity contribution in [2.45, 2.75) is 52.4 Å². The zero-order chi connectivity index (χ0) is 71.2. The Morgan fingerprint density at radius 1 is 0.196 bits per heavy atom. The van der Waals surface area contributed by atoms with E-state index < -0.39 is 21.7 Å². The van der Waals surface area contributed by atoms with E-state index in [1.165, 1.54) is 0 Å². The molecule has 2 aliphatic rings.